The maximum atomic E-state index is 14.3. The molecule has 4 atom stereocenters. The molecule has 2 saturated carbocycles. The van der Waals surface area contributed by atoms with Crippen LogP contribution in [0.1, 0.15) is 51.4 Å². The van der Waals surface area contributed by atoms with Gasteiger partial charge in [-0.15, -0.1) is 0 Å². The van der Waals surface area contributed by atoms with E-state index in [1.807, 2.05) is 0 Å². The van der Waals surface area contributed by atoms with Gasteiger partial charge in [-0.3, -0.25) is 4.79 Å². The lowest BCUT2D eigenvalue weighted by atomic mass is 9.55. The highest BCUT2D eigenvalue weighted by atomic mass is 19.4. The topological polar surface area (TPSA) is 37.3 Å². The minimum absolute atomic E-state index is 0.0553. The number of ketones is 1. The number of hydrogen-bond donors (Lipinski definition) is 1. The zero-order valence-electron chi connectivity index (χ0n) is 14.9. The van der Waals surface area contributed by atoms with Crippen LogP contribution in [0.25, 0.3) is 0 Å². The first-order chi connectivity index (χ1) is 12.6. The van der Waals surface area contributed by atoms with Gasteiger partial charge in [-0.05, 0) is 74.0 Å². The van der Waals surface area contributed by atoms with Crippen molar-refractivity contribution >= 4 is 5.78 Å². The zero-order valence-corrected chi connectivity index (χ0v) is 14.9. The van der Waals surface area contributed by atoms with Gasteiger partial charge < -0.3 is 5.11 Å². The van der Waals surface area contributed by atoms with E-state index >= 15 is 0 Å². The lowest BCUT2D eigenvalue weighted by Gasteiger charge is -2.51. The van der Waals surface area contributed by atoms with Gasteiger partial charge in [0.15, 0.2) is 5.78 Å². The van der Waals surface area contributed by atoms with E-state index in [2.05, 4.69) is 0 Å². The Morgan fingerprint density at radius 2 is 1.78 bits per heavy atom. The molecule has 0 aromatic rings. The van der Waals surface area contributed by atoms with E-state index in [1.54, 1.807) is 6.08 Å². The van der Waals surface area contributed by atoms with Crippen molar-refractivity contribution in [1.82, 2.24) is 0 Å². The molecule has 0 spiro atoms. The van der Waals surface area contributed by atoms with Gasteiger partial charge in [-0.2, -0.15) is 22.0 Å². The quantitative estimate of drug-likeness (QED) is 0.676. The van der Waals surface area contributed by atoms with Gasteiger partial charge in [0.25, 0.3) is 0 Å². The number of aliphatic hydroxyl groups is 1. The zero-order chi connectivity index (χ0) is 19.6. The third-order valence-electron chi connectivity index (χ3n) is 7.56. The SMILES string of the molecule is O=C1C=C2CC[C@@H]3C(=C2CC1)CC[C@]1(CO)C(C(F)(F)C(F)(F)F)CC[C@@H]31. The van der Waals surface area contributed by atoms with Gasteiger partial charge in [0, 0.05) is 24.4 Å². The normalized spacial score (nSPS) is 36.9. The Bertz CT molecular complexity index is 720. The average molecular weight is 390 g/mol. The van der Waals surface area contributed by atoms with Crippen LogP contribution < -0.4 is 0 Å². The maximum absolute atomic E-state index is 14.3. The van der Waals surface area contributed by atoms with E-state index in [-0.39, 0.29) is 36.9 Å². The van der Waals surface area contributed by atoms with Crippen molar-refractivity contribution in [2.24, 2.45) is 23.2 Å². The summed E-state index contributed by atoms with van der Waals surface area (Å²) >= 11 is 0. The maximum Gasteiger partial charge on any atom is 0.453 e. The fourth-order valence-corrected chi connectivity index (χ4v) is 6.40. The highest BCUT2D eigenvalue weighted by molar-refractivity contribution is 5.93. The van der Waals surface area contributed by atoms with Crippen molar-refractivity contribution in [2.45, 2.75) is 63.5 Å². The fraction of sp³-hybridized carbons (Fsp3) is 0.750. The minimum Gasteiger partial charge on any atom is -0.396 e. The van der Waals surface area contributed by atoms with E-state index in [0.717, 1.165) is 16.7 Å². The van der Waals surface area contributed by atoms with Crippen molar-refractivity contribution in [3.8, 4) is 0 Å². The Kier molecular flexibility index (Phi) is 4.33. The molecule has 0 radical (unpaired) electrons. The summed E-state index contributed by atoms with van der Waals surface area (Å²) in [6, 6.07) is 0. The van der Waals surface area contributed by atoms with Gasteiger partial charge >= 0.3 is 12.1 Å². The van der Waals surface area contributed by atoms with Gasteiger partial charge in [0.2, 0.25) is 0 Å². The number of fused-ring (bicyclic) bond motifs is 4. The highest BCUT2D eigenvalue weighted by Gasteiger charge is 2.71. The second-order valence-corrected chi connectivity index (χ2v) is 8.53. The Morgan fingerprint density at radius 3 is 2.44 bits per heavy atom. The number of aliphatic hydroxyl groups excluding tert-OH is 1. The van der Waals surface area contributed by atoms with Crippen molar-refractivity contribution in [1.29, 1.82) is 0 Å². The van der Waals surface area contributed by atoms with E-state index in [0.29, 0.717) is 32.1 Å². The summed E-state index contributed by atoms with van der Waals surface area (Å²) in [6.07, 6.45) is -0.868. The van der Waals surface area contributed by atoms with Gasteiger partial charge in [0.1, 0.15) is 0 Å². The molecule has 2 nitrogen and oxygen atoms in total. The lowest BCUT2D eigenvalue weighted by Crippen LogP contribution is -2.54. The third-order valence-corrected chi connectivity index (χ3v) is 7.56. The Labute approximate surface area is 154 Å². The number of carbonyl (C=O) groups excluding carboxylic acids is 1. The predicted octanol–water partition coefficient (Wildman–Crippen LogP) is 4.98. The molecule has 0 bridgehead atoms. The first kappa shape index (κ1) is 19.1. The van der Waals surface area contributed by atoms with E-state index in [4.69, 9.17) is 0 Å². The summed E-state index contributed by atoms with van der Waals surface area (Å²) in [7, 11) is 0. The minimum atomic E-state index is -5.60. The molecule has 1 unspecified atom stereocenters. The van der Waals surface area contributed by atoms with E-state index in [1.165, 1.54) is 0 Å². The Balaban J connectivity index is 1.72. The molecule has 4 aliphatic carbocycles. The molecule has 27 heavy (non-hydrogen) atoms. The Hall–Kier alpha value is -1.24. The number of halogens is 5. The summed E-state index contributed by atoms with van der Waals surface area (Å²) in [6.45, 7) is -0.631. The smallest absolute Gasteiger partial charge is 0.396 e. The average Bonchev–Trinajstić information content (AvgIpc) is 3.00. The van der Waals surface area contributed by atoms with Crippen LogP contribution in [-0.2, 0) is 4.79 Å². The third kappa shape index (κ3) is 2.64. The Morgan fingerprint density at radius 1 is 1.04 bits per heavy atom. The summed E-state index contributed by atoms with van der Waals surface area (Å²) in [4.78, 5) is 11.7. The standard InChI is InChI=1S/C20H23F5O2/c21-19(22,20(23,24)25)17-6-5-16-15-3-1-11-9-12(27)2-4-13(11)14(15)7-8-18(16,17)10-26/h9,15-17,26H,1-8,10H2/t15-,16+,17?,18-/m1/s1. The molecule has 0 aromatic carbocycles. The van der Waals surface area contributed by atoms with Crippen LogP contribution in [0.2, 0.25) is 0 Å². The van der Waals surface area contributed by atoms with Gasteiger partial charge in [-0.25, -0.2) is 0 Å². The van der Waals surface area contributed by atoms with Gasteiger partial charge in [0.05, 0.1) is 0 Å². The van der Waals surface area contributed by atoms with Crippen LogP contribution >= 0.6 is 0 Å². The largest absolute Gasteiger partial charge is 0.453 e. The second kappa shape index (κ2) is 6.13. The van der Waals surface area contributed by atoms with Gasteiger partial charge in [-0.1, -0.05) is 5.57 Å². The lowest BCUT2D eigenvalue weighted by molar-refractivity contribution is -0.317. The molecule has 0 heterocycles. The molecular weight excluding hydrogens is 367 g/mol. The predicted molar refractivity (Wildman–Crippen MR) is 88.0 cm³/mol. The van der Waals surface area contributed by atoms with Crippen molar-refractivity contribution in [3.05, 3.63) is 22.8 Å². The molecular formula is C20H23F5O2. The van der Waals surface area contributed by atoms with Crippen LogP contribution in [0.3, 0.4) is 0 Å². The molecule has 0 saturated heterocycles. The molecule has 0 aliphatic heterocycles. The monoisotopic (exact) mass is 390 g/mol. The molecule has 4 rings (SSSR count). The number of hydrogen-bond acceptors (Lipinski definition) is 2. The molecule has 2 fully saturated rings. The molecule has 4 aliphatic rings. The molecule has 0 aromatic heterocycles. The van der Waals surface area contributed by atoms with Crippen LogP contribution in [-0.4, -0.2) is 29.6 Å². The fourth-order valence-electron chi connectivity index (χ4n) is 6.40. The van der Waals surface area contributed by atoms with Crippen LogP contribution in [0.15, 0.2) is 22.8 Å². The number of allylic oxidation sites excluding steroid dienone is 4. The first-order valence-electron chi connectivity index (χ1n) is 9.63. The summed E-state index contributed by atoms with van der Waals surface area (Å²) in [5.41, 5.74) is 1.91. The molecule has 0 amide bonds. The van der Waals surface area contributed by atoms with Crippen LogP contribution in [0.4, 0.5) is 22.0 Å². The highest BCUT2D eigenvalue weighted by Crippen LogP contribution is 2.66. The number of rotatable bonds is 2. The first-order valence-corrected chi connectivity index (χ1v) is 9.63. The molecule has 1 N–H and O–H groups in total. The van der Waals surface area contributed by atoms with E-state index < -0.39 is 30.0 Å². The summed E-state index contributed by atoms with van der Waals surface area (Å²) < 4.78 is 67.7. The van der Waals surface area contributed by atoms with Crippen molar-refractivity contribution in [2.75, 3.05) is 6.61 Å². The second-order valence-electron chi connectivity index (χ2n) is 8.53. The van der Waals surface area contributed by atoms with Crippen LogP contribution in [0, 0.1) is 23.2 Å². The van der Waals surface area contributed by atoms with E-state index in [9.17, 15) is 31.9 Å². The summed E-state index contributed by atoms with van der Waals surface area (Å²) in [5.74, 6) is -6.96. The summed E-state index contributed by atoms with van der Waals surface area (Å²) in [5, 5.41) is 10.0. The van der Waals surface area contributed by atoms with Crippen molar-refractivity contribution < 1.29 is 31.9 Å². The molecule has 7 heteroatoms. The number of alkyl halides is 5. The van der Waals surface area contributed by atoms with Crippen molar-refractivity contribution in [3.63, 3.8) is 0 Å². The number of carbonyl (C=O) groups is 1. The van der Waals surface area contributed by atoms with Crippen LogP contribution in [0.5, 0.6) is 0 Å². The molecule has 150 valence electrons.